The maximum Gasteiger partial charge on any atom is 0.333 e. The van der Waals surface area contributed by atoms with Gasteiger partial charge in [-0.1, -0.05) is 12.2 Å². The van der Waals surface area contributed by atoms with E-state index in [2.05, 4.69) is 0 Å². The zero-order valence-corrected chi connectivity index (χ0v) is 19.9. The van der Waals surface area contributed by atoms with Crippen LogP contribution in [-0.2, 0) is 33.3 Å². The minimum atomic E-state index is -1.80. The second kappa shape index (κ2) is 12.9. The first-order valence-electron chi connectivity index (χ1n) is 11.1. The molecule has 0 aromatic carbocycles. The van der Waals surface area contributed by atoms with E-state index in [4.69, 9.17) is 23.7 Å². The minimum Gasteiger partial charge on any atom is -0.453 e. The standard InChI is InChI=1S/C22H34O13/c1-5-9(3)19(29)33-17-13(25)11(7-23)31-21(15(17)27)35-22-16(28)18(14(26)12(8-24)32-22)34-20(30)10(4)6-2/h5-6,11-18,21-28H,7-8H2,1-4H3/b9-5-,10-6-/t11-,12+,13-,14+,15-,16+,17+,18-,21-,22+. The van der Waals surface area contributed by atoms with Crippen molar-refractivity contribution in [1.82, 2.24) is 0 Å². The molecule has 2 heterocycles. The molecule has 6 N–H and O–H groups in total. The molecule has 200 valence electrons. The molecule has 2 rings (SSSR count). The predicted molar refractivity (Wildman–Crippen MR) is 115 cm³/mol. The van der Waals surface area contributed by atoms with Crippen molar-refractivity contribution in [2.45, 2.75) is 89.1 Å². The Kier molecular flexibility index (Phi) is 10.8. The Morgan fingerprint density at radius 2 is 1.06 bits per heavy atom. The minimum absolute atomic E-state index is 0.195. The van der Waals surface area contributed by atoms with E-state index < -0.39 is 86.6 Å². The third-order valence-electron chi connectivity index (χ3n) is 5.91. The van der Waals surface area contributed by atoms with Crippen molar-refractivity contribution >= 4 is 11.9 Å². The maximum absolute atomic E-state index is 12.2. The van der Waals surface area contributed by atoms with Gasteiger partial charge in [0.25, 0.3) is 0 Å². The highest BCUT2D eigenvalue weighted by Gasteiger charge is 2.52. The summed E-state index contributed by atoms with van der Waals surface area (Å²) in [5.41, 5.74) is 0.390. The van der Waals surface area contributed by atoms with Crippen LogP contribution in [-0.4, -0.2) is 117 Å². The zero-order valence-electron chi connectivity index (χ0n) is 19.9. The van der Waals surface area contributed by atoms with Gasteiger partial charge in [-0.25, -0.2) is 9.59 Å². The molecule has 13 heteroatoms. The van der Waals surface area contributed by atoms with Crippen molar-refractivity contribution in [3.05, 3.63) is 23.3 Å². The number of carbonyl (C=O) groups is 2. The third kappa shape index (κ3) is 6.64. The molecule has 0 spiro atoms. The maximum atomic E-state index is 12.2. The lowest BCUT2D eigenvalue weighted by molar-refractivity contribution is -0.376. The molecule has 2 aliphatic heterocycles. The van der Waals surface area contributed by atoms with Gasteiger partial charge in [0.15, 0.2) is 24.8 Å². The fraction of sp³-hybridized carbons (Fsp3) is 0.727. The Balaban J connectivity index is 2.25. The molecule has 2 saturated heterocycles. The molecular formula is C22H34O13. The first kappa shape index (κ1) is 29.3. The van der Waals surface area contributed by atoms with E-state index in [0.29, 0.717) is 0 Å². The monoisotopic (exact) mass is 506 g/mol. The zero-order chi connectivity index (χ0) is 26.4. The number of hydrogen-bond donors (Lipinski definition) is 6. The molecule has 0 amide bonds. The van der Waals surface area contributed by atoms with Crippen LogP contribution in [0.5, 0.6) is 0 Å². The summed E-state index contributed by atoms with van der Waals surface area (Å²) in [7, 11) is 0. The first-order chi connectivity index (χ1) is 16.5. The average Bonchev–Trinajstić information content (AvgIpc) is 2.85. The molecule has 35 heavy (non-hydrogen) atoms. The van der Waals surface area contributed by atoms with Gasteiger partial charge in [0, 0.05) is 11.1 Å². The summed E-state index contributed by atoms with van der Waals surface area (Å²) in [6.07, 6.45) is -13.2. The van der Waals surface area contributed by atoms with E-state index in [1.165, 1.54) is 26.0 Å². The fourth-order valence-corrected chi connectivity index (χ4v) is 3.41. The molecule has 2 aliphatic rings. The van der Waals surface area contributed by atoms with Gasteiger partial charge in [-0.05, 0) is 27.7 Å². The second-order valence-electron chi connectivity index (χ2n) is 8.23. The number of ether oxygens (including phenoxy) is 5. The fourth-order valence-electron chi connectivity index (χ4n) is 3.41. The van der Waals surface area contributed by atoms with Gasteiger partial charge in [-0.15, -0.1) is 0 Å². The van der Waals surface area contributed by atoms with Crippen molar-refractivity contribution in [3.63, 3.8) is 0 Å². The Labute approximate surface area is 202 Å². The van der Waals surface area contributed by atoms with Crippen molar-refractivity contribution < 1.29 is 63.9 Å². The summed E-state index contributed by atoms with van der Waals surface area (Å²) in [6.45, 7) is 4.62. The van der Waals surface area contributed by atoms with Gasteiger partial charge < -0.3 is 54.3 Å². The highest BCUT2D eigenvalue weighted by molar-refractivity contribution is 5.88. The third-order valence-corrected chi connectivity index (χ3v) is 5.91. The van der Waals surface area contributed by atoms with Crippen LogP contribution in [0, 0.1) is 0 Å². The van der Waals surface area contributed by atoms with Crippen LogP contribution >= 0.6 is 0 Å². The smallest absolute Gasteiger partial charge is 0.333 e. The Morgan fingerprint density at radius 3 is 1.34 bits per heavy atom. The quantitative estimate of drug-likeness (QED) is 0.151. The van der Waals surface area contributed by atoms with Gasteiger partial charge in [0.1, 0.15) is 36.6 Å². The highest BCUT2D eigenvalue weighted by atomic mass is 16.8. The van der Waals surface area contributed by atoms with Crippen LogP contribution in [0.2, 0.25) is 0 Å². The average molecular weight is 507 g/mol. The number of aliphatic hydroxyl groups is 6. The van der Waals surface area contributed by atoms with Crippen LogP contribution in [0.15, 0.2) is 23.3 Å². The van der Waals surface area contributed by atoms with E-state index in [1.807, 2.05) is 0 Å². The predicted octanol–water partition coefficient (Wildman–Crippen LogP) is -2.36. The number of rotatable bonds is 8. The van der Waals surface area contributed by atoms with Crippen LogP contribution in [0.25, 0.3) is 0 Å². The second-order valence-corrected chi connectivity index (χ2v) is 8.23. The van der Waals surface area contributed by atoms with Crippen molar-refractivity contribution in [3.8, 4) is 0 Å². The van der Waals surface area contributed by atoms with Gasteiger partial charge in [0.05, 0.1) is 13.2 Å². The van der Waals surface area contributed by atoms with E-state index in [0.717, 1.165) is 0 Å². The van der Waals surface area contributed by atoms with Gasteiger partial charge in [-0.2, -0.15) is 0 Å². The van der Waals surface area contributed by atoms with Crippen molar-refractivity contribution in [2.75, 3.05) is 13.2 Å². The van der Waals surface area contributed by atoms with Crippen LogP contribution in [0.1, 0.15) is 27.7 Å². The molecule has 0 saturated carbocycles. The summed E-state index contributed by atoms with van der Waals surface area (Å²) < 4.78 is 26.6. The highest BCUT2D eigenvalue weighted by Crippen LogP contribution is 2.30. The molecule has 0 unspecified atom stereocenters. The number of allylic oxidation sites excluding steroid dienone is 2. The summed E-state index contributed by atoms with van der Waals surface area (Å²) in [6, 6.07) is 0. The first-order valence-corrected chi connectivity index (χ1v) is 11.1. The van der Waals surface area contributed by atoms with Crippen LogP contribution < -0.4 is 0 Å². The van der Waals surface area contributed by atoms with E-state index in [-0.39, 0.29) is 11.1 Å². The van der Waals surface area contributed by atoms with Crippen LogP contribution in [0.4, 0.5) is 0 Å². The normalized spacial score (nSPS) is 38.7. The number of carbonyl (C=O) groups excluding carboxylic acids is 2. The van der Waals surface area contributed by atoms with Gasteiger partial charge >= 0.3 is 11.9 Å². The van der Waals surface area contributed by atoms with E-state index >= 15 is 0 Å². The number of hydrogen-bond acceptors (Lipinski definition) is 13. The Hall–Kier alpha value is -1.94. The lowest BCUT2D eigenvalue weighted by atomic mass is 9.97. The summed E-state index contributed by atoms with van der Waals surface area (Å²) >= 11 is 0. The molecular weight excluding hydrogens is 472 g/mol. The lowest BCUT2D eigenvalue weighted by Gasteiger charge is -2.45. The lowest BCUT2D eigenvalue weighted by Crippen LogP contribution is -2.64. The Morgan fingerprint density at radius 1 is 0.714 bits per heavy atom. The largest absolute Gasteiger partial charge is 0.453 e. The SMILES string of the molecule is C/C=C(/C)C(=O)O[C@@H]1[C@@H](O)[C@@H](O[C@@H]2O[C@@H](CO)[C@H](O)[C@@H](OC(=O)/C(C)=C\C)[C@@H]2O)O[C@H](CO)[C@H]1O. The molecule has 0 bridgehead atoms. The van der Waals surface area contributed by atoms with Gasteiger partial charge in [0.2, 0.25) is 0 Å². The molecule has 0 aromatic heterocycles. The van der Waals surface area contributed by atoms with Crippen LogP contribution in [0.3, 0.4) is 0 Å². The van der Waals surface area contributed by atoms with E-state index in [1.54, 1.807) is 13.8 Å². The summed E-state index contributed by atoms with van der Waals surface area (Å²) in [4.78, 5) is 24.4. The summed E-state index contributed by atoms with van der Waals surface area (Å²) in [5, 5.41) is 61.4. The van der Waals surface area contributed by atoms with Gasteiger partial charge in [-0.3, -0.25) is 0 Å². The number of esters is 2. The molecule has 0 radical (unpaired) electrons. The molecule has 10 atom stereocenters. The van der Waals surface area contributed by atoms with Crippen molar-refractivity contribution in [1.29, 1.82) is 0 Å². The number of aliphatic hydroxyl groups excluding tert-OH is 6. The Bertz CT molecular complexity index is 732. The molecule has 0 aromatic rings. The molecule has 0 aliphatic carbocycles. The summed E-state index contributed by atoms with van der Waals surface area (Å²) in [5.74, 6) is -1.67. The van der Waals surface area contributed by atoms with E-state index in [9.17, 15) is 40.2 Å². The molecule has 2 fully saturated rings. The molecule has 13 nitrogen and oxygen atoms in total. The van der Waals surface area contributed by atoms with Crippen molar-refractivity contribution in [2.24, 2.45) is 0 Å². The topological polar surface area (TPSA) is 202 Å².